The van der Waals surface area contributed by atoms with Crippen LogP contribution in [0.4, 0.5) is 0 Å². The van der Waals surface area contributed by atoms with Crippen LogP contribution in [0.25, 0.3) is 0 Å². The summed E-state index contributed by atoms with van der Waals surface area (Å²) in [6, 6.07) is 19.6. The Kier molecular flexibility index (Phi) is 18.8. The average molecular weight is 1000 g/mol. The van der Waals surface area contributed by atoms with Gasteiger partial charge < -0.3 is 40.7 Å². The summed E-state index contributed by atoms with van der Waals surface area (Å²) in [5.74, 6) is -3.31. The zero-order valence-corrected chi connectivity index (χ0v) is 45.1. The monoisotopic (exact) mass is 1000 g/mol. The van der Waals surface area contributed by atoms with Gasteiger partial charge in [0.15, 0.2) is 5.78 Å². The lowest BCUT2D eigenvalue weighted by Crippen LogP contribution is -2.62. The molecule has 1 aliphatic carbocycles. The Hall–Kier alpha value is -5.93. The van der Waals surface area contributed by atoms with E-state index in [0.29, 0.717) is 6.42 Å². The molecule has 2 unspecified atom stereocenters. The molecule has 73 heavy (non-hydrogen) atoms. The van der Waals surface area contributed by atoms with Gasteiger partial charge in [0.05, 0.1) is 31.3 Å². The van der Waals surface area contributed by atoms with Crippen LogP contribution in [0.1, 0.15) is 134 Å². The number of hydrogen-bond acceptors (Lipinski definition) is 9. The van der Waals surface area contributed by atoms with E-state index in [1.807, 2.05) is 128 Å². The first kappa shape index (κ1) is 56.4. The molecule has 0 bridgehead atoms. The highest BCUT2D eigenvalue weighted by molar-refractivity contribution is 5.96. The fourth-order valence-electron chi connectivity index (χ4n) is 10.5. The Labute approximate surface area is 433 Å². The summed E-state index contributed by atoms with van der Waals surface area (Å²) in [7, 11) is 3.20. The fraction of sp³-hybridized carbons (Fsp3) is 0.569. The number of hydrogen-bond donors (Lipinski definition) is 4. The number of ether oxygens (including phenoxy) is 1. The molecule has 6 rings (SSSR count). The van der Waals surface area contributed by atoms with Crippen LogP contribution in [0.2, 0.25) is 0 Å². The van der Waals surface area contributed by atoms with Crippen molar-refractivity contribution < 1.29 is 38.3 Å². The van der Waals surface area contributed by atoms with Gasteiger partial charge in [-0.2, -0.15) is 0 Å². The van der Waals surface area contributed by atoms with Gasteiger partial charge in [0.2, 0.25) is 35.4 Å². The number of aryl methyl sites for hydroxylation is 1. The van der Waals surface area contributed by atoms with Gasteiger partial charge in [-0.15, -0.1) is 0 Å². The highest BCUT2D eigenvalue weighted by atomic mass is 16.5. The highest BCUT2D eigenvalue weighted by Crippen LogP contribution is 2.36. The predicted molar refractivity (Wildman–Crippen MR) is 281 cm³/mol. The number of ketones is 1. The number of likely N-dealkylation sites (tertiary alicyclic amines) is 1. The number of amides is 6. The molecule has 9 atom stereocenters. The normalized spacial score (nSPS) is 20.8. The van der Waals surface area contributed by atoms with E-state index >= 15 is 9.59 Å². The smallest absolute Gasteiger partial charge is 0.246 e. The van der Waals surface area contributed by atoms with E-state index < -0.39 is 70.7 Å². The third kappa shape index (κ3) is 13.6. The van der Waals surface area contributed by atoms with Gasteiger partial charge in [-0.3, -0.25) is 33.6 Å². The quantitative estimate of drug-likeness (QED) is 0.108. The number of rotatable bonds is 19. The third-order valence-electron chi connectivity index (χ3n) is 15.2. The van der Waals surface area contributed by atoms with Gasteiger partial charge >= 0.3 is 0 Å². The number of carbonyl (C=O) groups excluding carboxylic acids is 7. The average Bonchev–Trinajstić information content (AvgIpc) is 3.79. The maximum Gasteiger partial charge on any atom is 0.246 e. The Bertz CT molecular complexity index is 2450. The molecule has 1 saturated heterocycles. The first-order chi connectivity index (χ1) is 34.6. The largest absolute Gasteiger partial charge is 0.382 e. The summed E-state index contributed by atoms with van der Waals surface area (Å²) >= 11 is 0. The molecule has 3 aromatic carbocycles. The first-order valence-corrected chi connectivity index (χ1v) is 26.3. The third-order valence-corrected chi connectivity index (χ3v) is 15.2. The molecule has 0 radical (unpaired) electrons. The number of fused-ring (bicyclic) bond motifs is 2. The second-order valence-corrected chi connectivity index (χ2v) is 22.7. The van der Waals surface area contributed by atoms with Crippen LogP contribution in [0.5, 0.6) is 0 Å². The molecule has 0 aromatic heterocycles. The summed E-state index contributed by atoms with van der Waals surface area (Å²) in [6.45, 7) is 16.6. The van der Waals surface area contributed by atoms with E-state index in [1.54, 1.807) is 18.9 Å². The van der Waals surface area contributed by atoms with Crippen LogP contribution in [0.3, 0.4) is 0 Å². The second-order valence-electron chi connectivity index (χ2n) is 22.7. The molecule has 15 nitrogen and oxygen atoms in total. The van der Waals surface area contributed by atoms with Crippen molar-refractivity contribution in [1.29, 1.82) is 0 Å². The lowest BCUT2D eigenvalue weighted by atomic mass is 9.83. The Morgan fingerprint density at radius 3 is 1.96 bits per heavy atom. The molecular formula is C58H81N7O8. The van der Waals surface area contributed by atoms with Crippen LogP contribution in [0.15, 0.2) is 78.9 Å². The summed E-state index contributed by atoms with van der Waals surface area (Å²) < 4.78 is 5.79. The van der Waals surface area contributed by atoms with Crippen molar-refractivity contribution in [2.45, 2.75) is 156 Å². The van der Waals surface area contributed by atoms with Crippen LogP contribution in [-0.4, -0.2) is 120 Å². The lowest BCUT2D eigenvalue weighted by Gasteiger charge is -2.43. The minimum atomic E-state index is -1.05. The second kappa shape index (κ2) is 24.4. The van der Waals surface area contributed by atoms with Crippen molar-refractivity contribution in [3.05, 3.63) is 107 Å². The van der Waals surface area contributed by atoms with E-state index in [9.17, 15) is 24.0 Å². The van der Waals surface area contributed by atoms with Crippen LogP contribution < -0.4 is 21.3 Å². The van der Waals surface area contributed by atoms with Crippen LogP contribution in [0, 0.1) is 22.7 Å². The van der Waals surface area contributed by atoms with Gasteiger partial charge in [0.25, 0.3) is 0 Å². The van der Waals surface area contributed by atoms with Crippen LogP contribution >= 0.6 is 0 Å². The number of likely N-dealkylation sites (N-methyl/N-ethyl adjacent to an activating group) is 1. The number of nitrogens with one attached hydrogen (secondary N) is 4. The van der Waals surface area contributed by atoms with E-state index in [0.717, 1.165) is 41.5 Å². The topological polar surface area (TPSA) is 187 Å². The Morgan fingerprint density at radius 1 is 0.753 bits per heavy atom. The Morgan fingerprint density at radius 2 is 1.34 bits per heavy atom. The van der Waals surface area contributed by atoms with Crippen molar-refractivity contribution in [3.63, 3.8) is 0 Å². The van der Waals surface area contributed by atoms with E-state index in [-0.39, 0.29) is 81.0 Å². The Balaban J connectivity index is 1.34. The summed E-state index contributed by atoms with van der Waals surface area (Å²) in [6.07, 6.45) is 3.42. The molecule has 3 aromatic rings. The zero-order valence-electron chi connectivity index (χ0n) is 45.1. The molecule has 0 saturated carbocycles. The molecule has 3 aliphatic rings. The predicted octanol–water partition coefficient (Wildman–Crippen LogP) is 6.24. The number of Topliss-reactive ketones (excluding diaryl/α,β-unsaturated/α-hetero) is 1. The lowest BCUT2D eigenvalue weighted by molar-refractivity contribution is -0.153. The molecule has 396 valence electrons. The minimum Gasteiger partial charge on any atom is -0.382 e. The van der Waals surface area contributed by atoms with Gasteiger partial charge in [-0.1, -0.05) is 134 Å². The van der Waals surface area contributed by atoms with Crippen LogP contribution in [-0.2, 0) is 57.7 Å². The summed E-state index contributed by atoms with van der Waals surface area (Å²) in [5.41, 5.74) is 3.27. The summed E-state index contributed by atoms with van der Waals surface area (Å²) in [5, 5.41) is 12.2. The van der Waals surface area contributed by atoms with E-state index in [4.69, 9.17) is 4.74 Å². The van der Waals surface area contributed by atoms with Gasteiger partial charge in [-0.25, -0.2) is 0 Å². The zero-order chi connectivity index (χ0) is 53.4. The number of methoxy groups -OCH3 is 1. The molecule has 2 aliphatic heterocycles. The molecule has 6 amide bonds. The van der Waals surface area contributed by atoms with Crippen molar-refractivity contribution in [3.8, 4) is 0 Å². The molecule has 4 N–H and O–H groups in total. The van der Waals surface area contributed by atoms with Crippen molar-refractivity contribution >= 4 is 41.2 Å². The van der Waals surface area contributed by atoms with E-state index in [1.165, 1.54) is 22.5 Å². The van der Waals surface area contributed by atoms with Gasteiger partial charge in [-0.05, 0) is 90.6 Å². The van der Waals surface area contributed by atoms with Gasteiger partial charge in [0.1, 0.15) is 24.2 Å². The molecule has 2 heterocycles. The molecule has 0 spiro atoms. The number of nitrogens with zero attached hydrogens (tertiary/aromatic N) is 3. The summed E-state index contributed by atoms with van der Waals surface area (Å²) in [4.78, 5) is 107. The fourth-order valence-corrected chi connectivity index (χ4v) is 10.5. The minimum absolute atomic E-state index is 0.0419. The maximum absolute atomic E-state index is 15.7. The number of carbonyl (C=O) groups is 7. The highest BCUT2D eigenvalue weighted by Gasteiger charge is 2.48. The van der Waals surface area contributed by atoms with Crippen molar-refractivity contribution in [1.82, 2.24) is 36.0 Å². The molecular weight excluding hydrogens is 923 g/mol. The van der Waals surface area contributed by atoms with Crippen molar-refractivity contribution in [2.75, 3.05) is 33.9 Å². The SMILES string of the molecule is CC[C@@H](C)C(=O)N[C@H](C(=O)N1Cc2ccccc2C[C@H]1C(=O)N(CC(=O)CC1C[C@@H](C(=O)NC2CCCc3ccccc32)N(C(=O)[C@@H](NC(=O)[C@H](C)NC)C(C)(C)C)C1)[C@@H](COC)c1ccccc1)C(C)(C)C. The van der Waals surface area contributed by atoms with Gasteiger partial charge in [0, 0.05) is 39.0 Å². The van der Waals surface area contributed by atoms with Crippen molar-refractivity contribution in [2.24, 2.45) is 22.7 Å². The standard InChI is InChI=1S/C58H81N7O8/c1-12-36(2)51(67)61-49(57(4,5)6)56(72)64-33-42-25-17-16-24-41(42)31-47(64)54(70)65(48(35-73-11)40-22-14-13-15-23-40)34-43(66)29-38-30-46(53(69)60-45-28-20-26-39-21-18-19-27-44(39)45)63(32-38)55(71)50(58(7,8)9)62-52(68)37(3)59-10/h13-19,21-25,27,36-38,45-50,59H,12,20,26,28-35H2,1-11H3,(H,60,69)(H,61,67)(H,62,68)/t36-,37+,38?,45?,46+,47+,48+,49-,50-/m1/s1. The first-order valence-electron chi connectivity index (χ1n) is 26.3. The molecule has 1 fully saturated rings. The number of benzene rings is 3. The molecule has 15 heteroatoms. The maximum atomic E-state index is 15.7. The van der Waals surface area contributed by atoms with E-state index in [2.05, 4.69) is 27.3 Å².